The summed E-state index contributed by atoms with van der Waals surface area (Å²) >= 11 is 2.27. The van der Waals surface area contributed by atoms with Gasteiger partial charge in [-0.2, -0.15) is 0 Å². The minimum Gasteiger partial charge on any atom is -0.497 e. The highest BCUT2D eigenvalue weighted by molar-refractivity contribution is 14.1. The smallest absolute Gasteiger partial charge is 0.175 e. The first-order valence-electron chi connectivity index (χ1n) is 9.00. The number of hydrogen-bond donors (Lipinski definition) is 0. The molecule has 0 bridgehead atoms. The molecule has 0 atom stereocenters. The monoisotopic (exact) mass is 487 g/mol. The lowest BCUT2D eigenvalue weighted by Crippen LogP contribution is -2.02. The van der Waals surface area contributed by atoms with Gasteiger partial charge in [0.15, 0.2) is 11.5 Å². The number of ether oxygens (including phenoxy) is 3. The molecule has 0 N–H and O–H groups in total. The van der Waals surface area contributed by atoms with E-state index < -0.39 is 0 Å². The van der Waals surface area contributed by atoms with Gasteiger partial charge in [0, 0.05) is 6.21 Å². The number of rotatable bonds is 8. The van der Waals surface area contributed by atoms with E-state index in [1.165, 1.54) is 0 Å². The van der Waals surface area contributed by atoms with Crippen molar-refractivity contribution in [1.82, 2.24) is 0 Å². The highest BCUT2D eigenvalue weighted by Crippen LogP contribution is 2.34. The summed E-state index contributed by atoms with van der Waals surface area (Å²) in [7, 11) is 1.65. The molecule has 0 radical (unpaired) electrons. The van der Waals surface area contributed by atoms with Crippen LogP contribution in [0.1, 0.15) is 18.1 Å². The molecule has 0 spiro atoms. The van der Waals surface area contributed by atoms with E-state index in [9.17, 15) is 0 Å². The number of nitrogens with zero attached hydrogens (tertiary/aromatic N) is 1. The maximum Gasteiger partial charge on any atom is 0.175 e. The predicted molar refractivity (Wildman–Crippen MR) is 121 cm³/mol. The molecule has 3 aromatic rings. The Labute approximate surface area is 179 Å². The van der Waals surface area contributed by atoms with Gasteiger partial charge in [0.05, 0.1) is 23.0 Å². The molecule has 28 heavy (non-hydrogen) atoms. The minimum atomic E-state index is 0.496. The molecule has 0 fully saturated rings. The lowest BCUT2D eigenvalue weighted by molar-refractivity contribution is 0.267. The van der Waals surface area contributed by atoms with Crippen molar-refractivity contribution < 1.29 is 14.2 Å². The van der Waals surface area contributed by atoms with Gasteiger partial charge in [-0.15, -0.1) is 0 Å². The first-order chi connectivity index (χ1) is 13.7. The van der Waals surface area contributed by atoms with E-state index in [0.29, 0.717) is 13.2 Å². The third-order valence-electron chi connectivity index (χ3n) is 3.99. The van der Waals surface area contributed by atoms with Crippen LogP contribution >= 0.6 is 22.6 Å². The fourth-order valence-corrected chi connectivity index (χ4v) is 3.39. The highest BCUT2D eigenvalue weighted by atomic mass is 127. The summed E-state index contributed by atoms with van der Waals surface area (Å²) in [6, 6.07) is 21.7. The molecule has 0 unspecified atom stereocenters. The molecule has 0 heterocycles. The third kappa shape index (κ3) is 5.48. The van der Waals surface area contributed by atoms with Crippen LogP contribution in [-0.2, 0) is 6.61 Å². The summed E-state index contributed by atoms with van der Waals surface area (Å²) in [5.74, 6) is 2.29. The summed E-state index contributed by atoms with van der Waals surface area (Å²) in [6.45, 7) is 3.03. The third-order valence-corrected chi connectivity index (χ3v) is 4.79. The maximum absolute atomic E-state index is 6.06. The fraction of sp³-hybridized carbons (Fsp3) is 0.174. The molecule has 3 aromatic carbocycles. The van der Waals surface area contributed by atoms with E-state index in [0.717, 1.165) is 37.6 Å². The first kappa shape index (κ1) is 20.2. The topological polar surface area (TPSA) is 40.0 Å². The van der Waals surface area contributed by atoms with Crippen LogP contribution in [0.5, 0.6) is 17.2 Å². The Bertz CT molecular complexity index is 925. The Hall–Kier alpha value is -2.54. The Morgan fingerprint density at radius 2 is 1.71 bits per heavy atom. The normalized spacial score (nSPS) is 10.8. The molecule has 0 amide bonds. The molecule has 144 valence electrons. The van der Waals surface area contributed by atoms with Crippen LogP contribution in [0.4, 0.5) is 5.69 Å². The molecule has 0 aromatic heterocycles. The van der Waals surface area contributed by atoms with E-state index in [2.05, 4.69) is 27.6 Å². The van der Waals surface area contributed by atoms with E-state index in [1.807, 2.05) is 79.9 Å². The fourth-order valence-electron chi connectivity index (χ4n) is 2.61. The van der Waals surface area contributed by atoms with Crippen LogP contribution in [-0.4, -0.2) is 19.9 Å². The van der Waals surface area contributed by atoms with Gasteiger partial charge in [-0.3, -0.25) is 4.99 Å². The van der Waals surface area contributed by atoms with Crippen molar-refractivity contribution in [2.24, 2.45) is 4.99 Å². The zero-order chi connectivity index (χ0) is 19.8. The van der Waals surface area contributed by atoms with Crippen molar-refractivity contribution in [3.05, 3.63) is 81.4 Å². The summed E-state index contributed by atoms with van der Waals surface area (Å²) in [4.78, 5) is 4.54. The quantitative estimate of drug-likeness (QED) is 0.288. The van der Waals surface area contributed by atoms with E-state index in [4.69, 9.17) is 14.2 Å². The van der Waals surface area contributed by atoms with Crippen LogP contribution in [0.25, 0.3) is 0 Å². The van der Waals surface area contributed by atoms with Crippen LogP contribution in [0, 0.1) is 3.57 Å². The first-order valence-corrected chi connectivity index (χ1v) is 10.1. The van der Waals surface area contributed by atoms with Gasteiger partial charge >= 0.3 is 0 Å². The van der Waals surface area contributed by atoms with E-state index in [1.54, 1.807) is 7.11 Å². The van der Waals surface area contributed by atoms with Gasteiger partial charge in [-0.25, -0.2) is 0 Å². The largest absolute Gasteiger partial charge is 0.497 e. The van der Waals surface area contributed by atoms with E-state index in [-0.39, 0.29) is 0 Å². The van der Waals surface area contributed by atoms with Crippen molar-refractivity contribution >= 4 is 34.5 Å². The molecule has 3 rings (SSSR count). The number of hydrogen-bond acceptors (Lipinski definition) is 4. The van der Waals surface area contributed by atoms with Crippen molar-refractivity contribution in [1.29, 1.82) is 0 Å². The second kappa shape index (κ2) is 10.1. The average molecular weight is 487 g/mol. The van der Waals surface area contributed by atoms with Crippen LogP contribution < -0.4 is 14.2 Å². The SMILES string of the molecule is CCOc1cc(C=Nc2ccc(OC)cc2)cc(I)c1OCc1ccccc1. The standard InChI is InChI=1S/C23H22INO3/c1-3-27-22-14-18(15-25-19-9-11-20(26-2)12-10-19)13-21(24)23(22)28-16-17-7-5-4-6-8-17/h4-15H,3,16H2,1-2H3. The molecular formula is C23H22INO3. The van der Waals surface area contributed by atoms with Crippen molar-refractivity contribution in [2.75, 3.05) is 13.7 Å². The zero-order valence-corrected chi connectivity index (χ0v) is 18.0. The summed E-state index contributed by atoms with van der Waals surface area (Å²) in [5.41, 5.74) is 2.93. The zero-order valence-electron chi connectivity index (χ0n) is 15.9. The van der Waals surface area contributed by atoms with Crippen molar-refractivity contribution in [3.63, 3.8) is 0 Å². The molecule has 0 saturated heterocycles. The lowest BCUT2D eigenvalue weighted by atomic mass is 10.2. The van der Waals surface area contributed by atoms with Crippen molar-refractivity contribution in [3.8, 4) is 17.2 Å². The van der Waals surface area contributed by atoms with Gasteiger partial charge in [-0.1, -0.05) is 30.3 Å². The van der Waals surface area contributed by atoms with Crippen LogP contribution in [0.15, 0.2) is 71.7 Å². The van der Waals surface area contributed by atoms with Crippen LogP contribution in [0.3, 0.4) is 0 Å². The Morgan fingerprint density at radius 3 is 2.39 bits per heavy atom. The molecule has 0 aliphatic carbocycles. The van der Waals surface area contributed by atoms with Gasteiger partial charge in [0.25, 0.3) is 0 Å². The number of aliphatic imine (C=N–C) groups is 1. The Balaban J connectivity index is 1.80. The van der Waals surface area contributed by atoms with E-state index >= 15 is 0 Å². The van der Waals surface area contributed by atoms with Gasteiger partial charge < -0.3 is 14.2 Å². The Morgan fingerprint density at radius 1 is 0.964 bits per heavy atom. The summed E-state index contributed by atoms with van der Waals surface area (Å²) in [5, 5.41) is 0. The molecule has 5 heteroatoms. The average Bonchev–Trinajstić information content (AvgIpc) is 2.73. The second-order valence-electron chi connectivity index (χ2n) is 5.99. The maximum atomic E-state index is 6.06. The van der Waals surface area contributed by atoms with Crippen LogP contribution in [0.2, 0.25) is 0 Å². The molecule has 0 saturated carbocycles. The second-order valence-corrected chi connectivity index (χ2v) is 7.16. The number of benzene rings is 3. The highest BCUT2D eigenvalue weighted by Gasteiger charge is 2.12. The molecule has 4 nitrogen and oxygen atoms in total. The molecule has 0 aliphatic rings. The number of methoxy groups -OCH3 is 1. The van der Waals surface area contributed by atoms with Gasteiger partial charge in [-0.05, 0) is 77.0 Å². The minimum absolute atomic E-state index is 0.496. The summed E-state index contributed by atoms with van der Waals surface area (Å²) in [6.07, 6.45) is 1.83. The number of halogens is 1. The van der Waals surface area contributed by atoms with Gasteiger partial charge in [0.1, 0.15) is 12.4 Å². The predicted octanol–water partition coefficient (Wildman–Crippen LogP) is 6.03. The molecule has 0 aliphatic heterocycles. The van der Waals surface area contributed by atoms with Gasteiger partial charge in [0.2, 0.25) is 0 Å². The lowest BCUT2D eigenvalue weighted by Gasteiger charge is -2.14. The summed E-state index contributed by atoms with van der Waals surface area (Å²) < 4.78 is 18.0. The van der Waals surface area contributed by atoms with Crippen molar-refractivity contribution in [2.45, 2.75) is 13.5 Å². The Kier molecular flexibility index (Phi) is 7.31. The molecular weight excluding hydrogens is 465 g/mol.